The zero-order valence-corrected chi connectivity index (χ0v) is 12.1. The summed E-state index contributed by atoms with van der Waals surface area (Å²) in [7, 11) is 3.28. The van der Waals surface area contributed by atoms with E-state index in [-0.39, 0.29) is 5.91 Å². The van der Waals surface area contributed by atoms with Crippen molar-refractivity contribution in [3.05, 3.63) is 23.8 Å². The second-order valence-corrected chi connectivity index (χ2v) is 4.90. The molecule has 1 amide bonds. The lowest BCUT2D eigenvalue weighted by molar-refractivity contribution is -0.121. The summed E-state index contributed by atoms with van der Waals surface area (Å²) in [4.78, 5) is 11.2. The minimum absolute atomic E-state index is 0.0174. The van der Waals surface area contributed by atoms with E-state index in [0.717, 1.165) is 23.6 Å². The normalized spacial score (nSPS) is 13.9. The molecule has 0 unspecified atom stereocenters. The number of hydrogen-bond acceptors (Lipinski definition) is 4. The molecule has 0 saturated heterocycles. The maximum atomic E-state index is 11.2. The van der Waals surface area contributed by atoms with Crippen LogP contribution >= 0.6 is 0 Å². The van der Waals surface area contributed by atoms with Gasteiger partial charge in [-0.05, 0) is 31.0 Å². The molecular weight excluding hydrogens is 256 g/mol. The Morgan fingerprint density at radius 1 is 1.40 bits per heavy atom. The van der Waals surface area contributed by atoms with Crippen LogP contribution in [0.15, 0.2) is 18.2 Å². The molecule has 0 aliphatic heterocycles. The molecule has 2 N–H and O–H groups in total. The van der Waals surface area contributed by atoms with E-state index in [9.17, 15) is 4.79 Å². The second-order valence-electron chi connectivity index (χ2n) is 4.90. The van der Waals surface area contributed by atoms with Crippen LogP contribution in [0.3, 0.4) is 0 Å². The van der Waals surface area contributed by atoms with E-state index in [4.69, 9.17) is 9.47 Å². The molecular formula is C15H22N2O3. The second kappa shape index (κ2) is 7.14. The van der Waals surface area contributed by atoms with Crippen LogP contribution in [0.2, 0.25) is 0 Å². The van der Waals surface area contributed by atoms with Gasteiger partial charge in [-0.1, -0.05) is 0 Å². The Bertz CT molecular complexity index is 458. The number of hydrogen-bond donors (Lipinski definition) is 2. The Morgan fingerprint density at radius 2 is 2.20 bits per heavy atom. The summed E-state index contributed by atoms with van der Waals surface area (Å²) in [6.07, 6.45) is 2.85. The molecule has 0 atom stereocenters. The van der Waals surface area contributed by atoms with Crippen LogP contribution in [0, 0.1) is 0 Å². The predicted molar refractivity (Wildman–Crippen MR) is 77.0 cm³/mol. The number of ether oxygens (including phenoxy) is 2. The molecule has 0 spiro atoms. The van der Waals surface area contributed by atoms with Crippen LogP contribution in [0.1, 0.15) is 24.8 Å². The van der Waals surface area contributed by atoms with Gasteiger partial charge in [0.05, 0.1) is 20.1 Å². The molecule has 20 heavy (non-hydrogen) atoms. The maximum absolute atomic E-state index is 11.2. The number of amides is 1. The first-order valence-electron chi connectivity index (χ1n) is 6.96. The zero-order valence-electron chi connectivity index (χ0n) is 12.1. The molecule has 1 fully saturated rings. The average Bonchev–Trinajstić information content (AvgIpc) is 3.29. The Morgan fingerprint density at radius 3 is 2.85 bits per heavy atom. The fourth-order valence-electron chi connectivity index (χ4n) is 1.88. The van der Waals surface area contributed by atoms with Gasteiger partial charge in [0.1, 0.15) is 11.5 Å². The van der Waals surface area contributed by atoms with Crippen molar-refractivity contribution in [1.82, 2.24) is 10.6 Å². The SMILES string of the molecule is CNC(=O)CCOc1ccc(OC)cc1CNC1CC1. The first kappa shape index (κ1) is 14.7. The summed E-state index contributed by atoms with van der Waals surface area (Å²) in [5, 5.41) is 6.04. The van der Waals surface area contributed by atoms with Crippen LogP contribution in [0.4, 0.5) is 0 Å². The first-order chi connectivity index (χ1) is 9.72. The van der Waals surface area contributed by atoms with Crippen molar-refractivity contribution in [3.8, 4) is 11.5 Å². The lowest BCUT2D eigenvalue weighted by Gasteiger charge is -2.13. The smallest absolute Gasteiger partial charge is 0.223 e. The lowest BCUT2D eigenvalue weighted by atomic mass is 10.2. The number of nitrogens with one attached hydrogen (secondary N) is 2. The molecule has 5 nitrogen and oxygen atoms in total. The third kappa shape index (κ3) is 4.42. The lowest BCUT2D eigenvalue weighted by Crippen LogP contribution is -2.20. The van der Waals surface area contributed by atoms with E-state index < -0.39 is 0 Å². The quantitative estimate of drug-likeness (QED) is 0.756. The Balaban J connectivity index is 1.95. The zero-order chi connectivity index (χ0) is 14.4. The van der Waals surface area contributed by atoms with E-state index in [0.29, 0.717) is 19.1 Å². The fourth-order valence-corrected chi connectivity index (χ4v) is 1.88. The number of carbonyl (C=O) groups excluding carboxylic acids is 1. The van der Waals surface area contributed by atoms with E-state index in [1.54, 1.807) is 14.2 Å². The Kier molecular flexibility index (Phi) is 5.24. The number of rotatable bonds is 8. The highest BCUT2D eigenvalue weighted by molar-refractivity contribution is 5.75. The van der Waals surface area contributed by atoms with Crippen LogP contribution in [-0.4, -0.2) is 32.7 Å². The van der Waals surface area contributed by atoms with Crippen LogP contribution in [-0.2, 0) is 11.3 Å². The predicted octanol–water partition coefficient (Wildman–Crippen LogP) is 1.46. The minimum Gasteiger partial charge on any atom is -0.497 e. The minimum atomic E-state index is -0.0174. The van der Waals surface area contributed by atoms with E-state index >= 15 is 0 Å². The highest BCUT2D eigenvalue weighted by atomic mass is 16.5. The standard InChI is InChI=1S/C15H22N2O3/c1-16-15(18)7-8-20-14-6-5-13(19-2)9-11(14)10-17-12-3-4-12/h5-6,9,12,17H,3-4,7-8,10H2,1-2H3,(H,16,18). The van der Waals surface area contributed by atoms with Crippen molar-refractivity contribution in [2.75, 3.05) is 20.8 Å². The van der Waals surface area contributed by atoms with Gasteiger partial charge in [-0.25, -0.2) is 0 Å². The van der Waals surface area contributed by atoms with Gasteiger partial charge in [-0.3, -0.25) is 4.79 Å². The van der Waals surface area contributed by atoms with E-state index in [2.05, 4.69) is 10.6 Å². The molecule has 0 heterocycles. The summed E-state index contributed by atoms with van der Waals surface area (Å²) in [6.45, 7) is 1.14. The van der Waals surface area contributed by atoms with Crippen LogP contribution in [0.5, 0.6) is 11.5 Å². The molecule has 2 rings (SSSR count). The molecule has 1 aliphatic carbocycles. The largest absolute Gasteiger partial charge is 0.497 e. The molecule has 0 aromatic heterocycles. The van der Waals surface area contributed by atoms with Gasteiger partial charge < -0.3 is 20.1 Å². The molecule has 1 saturated carbocycles. The van der Waals surface area contributed by atoms with Crippen molar-refractivity contribution >= 4 is 5.91 Å². The van der Waals surface area contributed by atoms with Gasteiger partial charge in [0.15, 0.2) is 0 Å². The summed E-state index contributed by atoms with van der Waals surface area (Å²) >= 11 is 0. The number of benzene rings is 1. The van der Waals surface area contributed by atoms with Gasteiger partial charge in [0.25, 0.3) is 0 Å². The van der Waals surface area contributed by atoms with Crippen LogP contribution in [0.25, 0.3) is 0 Å². The van der Waals surface area contributed by atoms with Gasteiger partial charge >= 0.3 is 0 Å². The van der Waals surface area contributed by atoms with E-state index in [1.807, 2.05) is 18.2 Å². The van der Waals surface area contributed by atoms with Gasteiger partial charge in [-0.2, -0.15) is 0 Å². The van der Waals surface area contributed by atoms with Gasteiger partial charge in [-0.15, -0.1) is 0 Å². The van der Waals surface area contributed by atoms with E-state index in [1.165, 1.54) is 12.8 Å². The molecule has 0 bridgehead atoms. The van der Waals surface area contributed by atoms with Crippen molar-refractivity contribution in [3.63, 3.8) is 0 Å². The Hall–Kier alpha value is -1.75. The topological polar surface area (TPSA) is 59.6 Å². The highest BCUT2D eigenvalue weighted by Crippen LogP contribution is 2.26. The fraction of sp³-hybridized carbons (Fsp3) is 0.533. The highest BCUT2D eigenvalue weighted by Gasteiger charge is 2.20. The first-order valence-corrected chi connectivity index (χ1v) is 6.96. The molecule has 0 radical (unpaired) electrons. The van der Waals surface area contributed by atoms with Gasteiger partial charge in [0.2, 0.25) is 5.91 Å². The summed E-state index contributed by atoms with van der Waals surface area (Å²) < 4.78 is 11.0. The summed E-state index contributed by atoms with van der Waals surface area (Å²) in [5.74, 6) is 1.61. The number of methoxy groups -OCH3 is 1. The third-order valence-electron chi connectivity index (χ3n) is 3.29. The van der Waals surface area contributed by atoms with Crippen molar-refractivity contribution in [2.24, 2.45) is 0 Å². The van der Waals surface area contributed by atoms with Gasteiger partial charge in [0, 0.05) is 25.2 Å². The van der Waals surface area contributed by atoms with Crippen molar-refractivity contribution < 1.29 is 14.3 Å². The van der Waals surface area contributed by atoms with Crippen molar-refractivity contribution in [2.45, 2.75) is 31.8 Å². The molecule has 1 aromatic carbocycles. The maximum Gasteiger partial charge on any atom is 0.223 e. The molecule has 110 valence electrons. The molecule has 5 heteroatoms. The van der Waals surface area contributed by atoms with Crippen molar-refractivity contribution in [1.29, 1.82) is 0 Å². The van der Waals surface area contributed by atoms with Crippen LogP contribution < -0.4 is 20.1 Å². The number of carbonyl (C=O) groups is 1. The average molecular weight is 278 g/mol. The third-order valence-corrected chi connectivity index (χ3v) is 3.29. The summed E-state index contributed by atoms with van der Waals surface area (Å²) in [6, 6.07) is 6.38. The summed E-state index contributed by atoms with van der Waals surface area (Å²) in [5.41, 5.74) is 1.06. The molecule has 1 aliphatic rings. The Labute approximate surface area is 119 Å². The monoisotopic (exact) mass is 278 g/mol. The molecule has 1 aromatic rings.